The summed E-state index contributed by atoms with van der Waals surface area (Å²) in [5.74, 6) is -1.13. The first-order valence-electron chi connectivity index (χ1n) is 7.29. The summed E-state index contributed by atoms with van der Waals surface area (Å²) in [5, 5.41) is 10.5. The van der Waals surface area contributed by atoms with Crippen LogP contribution in [0, 0.1) is 0 Å². The lowest BCUT2D eigenvalue weighted by atomic mass is 10.1. The maximum Gasteiger partial charge on any atom is 0.200 e. The maximum atomic E-state index is 12.0. The minimum Gasteiger partial charge on any atom is -0.544 e. The lowest BCUT2D eigenvalue weighted by Crippen LogP contribution is -2.68. The van der Waals surface area contributed by atoms with E-state index in [0.717, 1.165) is 12.0 Å². The van der Waals surface area contributed by atoms with Crippen molar-refractivity contribution in [2.45, 2.75) is 38.1 Å². The molecular formula is C15H24NO4P. The van der Waals surface area contributed by atoms with Crippen LogP contribution >= 0.6 is 7.37 Å². The monoisotopic (exact) mass is 313 g/mol. The fourth-order valence-electron chi connectivity index (χ4n) is 2.10. The van der Waals surface area contributed by atoms with Crippen molar-refractivity contribution in [1.29, 1.82) is 0 Å². The summed E-state index contributed by atoms with van der Waals surface area (Å²) in [6.07, 6.45) is 3.75. The van der Waals surface area contributed by atoms with Crippen molar-refractivity contribution in [3.63, 3.8) is 0 Å². The van der Waals surface area contributed by atoms with Crippen LogP contribution in [0.2, 0.25) is 0 Å². The van der Waals surface area contributed by atoms with Crippen molar-refractivity contribution in [1.82, 2.24) is 0 Å². The summed E-state index contributed by atoms with van der Waals surface area (Å²) in [6.45, 7) is 0. The van der Waals surface area contributed by atoms with Gasteiger partial charge in [0.2, 0.25) is 7.37 Å². The highest BCUT2D eigenvalue weighted by Gasteiger charge is 2.17. The molecule has 0 aliphatic carbocycles. The van der Waals surface area contributed by atoms with Gasteiger partial charge in [0.15, 0.2) is 0 Å². The number of hydrogen-bond acceptors (Lipinski definition) is 3. The Labute approximate surface area is 125 Å². The Bertz CT molecular complexity index is 478. The molecule has 0 amide bonds. The van der Waals surface area contributed by atoms with E-state index in [1.165, 1.54) is 0 Å². The number of carbonyl (C=O) groups is 1. The van der Waals surface area contributed by atoms with E-state index >= 15 is 0 Å². The molecule has 21 heavy (non-hydrogen) atoms. The Morgan fingerprint density at radius 1 is 1.19 bits per heavy atom. The van der Waals surface area contributed by atoms with E-state index in [9.17, 15) is 19.4 Å². The molecule has 1 aromatic rings. The first-order valence-corrected chi connectivity index (χ1v) is 9.32. The van der Waals surface area contributed by atoms with Gasteiger partial charge >= 0.3 is 0 Å². The van der Waals surface area contributed by atoms with Crippen LogP contribution in [-0.2, 0) is 15.8 Å². The van der Waals surface area contributed by atoms with Gasteiger partial charge in [-0.05, 0) is 24.8 Å². The highest BCUT2D eigenvalue weighted by atomic mass is 31.2. The molecule has 4 N–H and O–H groups in total. The number of aliphatic carboxylic acids is 1. The van der Waals surface area contributed by atoms with E-state index in [-0.39, 0.29) is 0 Å². The molecule has 1 rings (SSSR count). The fraction of sp³-hybridized carbons (Fsp3) is 0.533. The van der Waals surface area contributed by atoms with Crippen molar-refractivity contribution >= 4 is 13.3 Å². The number of rotatable bonds is 10. The molecule has 0 aliphatic heterocycles. The number of aryl methyl sites for hydroxylation is 1. The molecule has 118 valence electrons. The van der Waals surface area contributed by atoms with Gasteiger partial charge in [0, 0.05) is 18.7 Å². The topological polar surface area (TPSA) is 105 Å². The fourth-order valence-corrected chi connectivity index (χ4v) is 3.65. The van der Waals surface area contributed by atoms with Gasteiger partial charge in [0.25, 0.3) is 0 Å². The molecule has 0 saturated carbocycles. The van der Waals surface area contributed by atoms with Gasteiger partial charge in [0.1, 0.15) is 6.04 Å². The lowest BCUT2D eigenvalue weighted by molar-refractivity contribution is -0.438. The standard InChI is InChI=1S/C15H24NO4P/c16-14(15(17)18)9-5-2-6-11-21(19,20)12-10-13-7-3-1-4-8-13/h1,3-4,7-8,14H,2,5-6,9-12,16H2,(H,17,18)(H,19,20)/t14-/m0/s1. The third-order valence-corrected chi connectivity index (χ3v) is 5.42. The Morgan fingerprint density at radius 2 is 1.86 bits per heavy atom. The summed E-state index contributed by atoms with van der Waals surface area (Å²) in [7, 11) is -3.09. The number of carboxylic acid groups (broad SMARTS) is 1. The van der Waals surface area contributed by atoms with Crippen molar-refractivity contribution in [3.8, 4) is 0 Å². The summed E-state index contributed by atoms with van der Waals surface area (Å²) in [4.78, 5) is 20.4. The lowest BCUT2D eigenvalue weighted by Gasteiger charge is -2.12. The van der Waals surface area contributed by atoms with Crippen LogP contribution in [0.3, 0.4) is 0 Å². The highest BCUT2D eigenvalue weighted by Crippen LogP contribution is 2.42. The van der Waals surface area contributed by atoms with Gasteiger partial charge in [0.05, 0.1) is 5.97 Å². The van der Waals surface area contributed by atoms with Gasteiger partial charge in [-0.2, -0.15) is 0 Å². The van der Waals surface area contributed by atoms with Crippen LogP contribution in [0.4, 0.5) is 0 Å². The number of quaternary nitrogens is 1. The second kappa shape index (κ2) is 8.98. The van der Waals surface area contributed by atoms with E-state index in [4.69, 9.17) is 0 Å². The van der Waals surface area contributed by atoms with Gasteiger partial charge in [-0.25, -0.2) is 0 Å². The van der Waals surface area contributed by atoms with Crippen molar-refractivity contribution in [2.24, 2.45) is 0 Å². The van der Waals surface area contributed by atoms with E-state index in [2.05, 4.69) is 5.73 Å². The zero-order valence-electron chi connectivity index (χ0n) is 12.2. The molecule has 2 atom stereocenters. The van der Waals surface area contributed by atoms with E-state index in [1.54, 1.807) is 0 Å². The molecular weight excluding hydrogens is 289 g/mol. The van der Waals surface area contributed by atoms with Crippen molar-refractivity contribution in [3.05, 3.63) is 35.9 Å². The molecule has 0 heterocycles. The summed E-state index contributed by atoms with van der Waals surface area (Å²) in [5.41, 5.74) is 4.55. The molecule has 1 unspecified atom stereocenters. The minimum atomic E-state index is -3.09. The average molecular weight is 313 g/mol. The summed E-state index contributed by atoms with van der Waals surface area (Å²) >= 11 is 0. The Kier molecular flexibility index (Phi) is 7.65. The van der Waals surface area contributed by atoms with Gasteiger partial charge in [-0.1, -0.05) is 36.8 Å². The highest BCUT2D eigenvalue weighted by molar-refractivity contribution is 7.57. The number of carbonyl (C=O) groups excluding carboxylic acids is 1. The summed E-state index contributed by atoms with van der Waals surface area (Å²) < 4.78 is 12.0. The Hall–Kier alpha value is -1.16. The third kappa shape index (κ3) is 8.00. The predicted octanol–water partition coefficient (Wildman–Crippen LogP) is 0.420. The number of hydrogen-bond donors (Lipinski definition) is 2. The normalized spacial score (nSPS) is 15.3. The quantitative estimate of drug-likeness (QED) is 0.482. The van der Waals surface area contributed by atoms with Crippen LogP contribution in [0.5, 0.6) is 0 Å². The Morgan fingerprint density at radius 3 is 2.48 bits per heavy atom. The maximum absolute atomic E-state index is 12.0. The average Bonchev–Trinajstić information content (AvgIpc) is 2.45. The van der Waals surface area contributed by atoms with Crippen LogP contribution in [-0.4, -0.2) is 29.2 Å². The zero-order chi connectivity index (χ0) is 15.7. The molecule has 5 nitrogen and oxygen atoms in total. The SMILES string of the molecule is [NH3+][C@@H](CCCCCP(=O)(O)CCc1ccccc1)C(=O)[O-]. The third-order valence-electron chi connectivity index (χ3n) is 3.49. The second-order valence-corrected chi connectivity index (χ2v) is 7.98. The molecule has 0 spiro atoms. The first-order chi connectivity index (χ1) is 9.91. The number of unbranched alkanes of at least 4 members (excludes halogenated alkanes) is 2. The predicted molar refractivity (Wildman–Crippen MR) is 79.9 cm³/mol. The zero-order valence-corrected chi connectivity index (χ0v) is 13.1. The molecule has 0 saturated heterocycles. The van der Waals surface area contributed by atoms with Gasteiger partial charge in [-0.15, -0.1) is 0 Å². The molecule has 0 bridgehead atoms. The van der Waals surface area contributed by atoms with Crippen LogP contribution in [0.25, 0.3) is 0 Å². The van der Waals surface area contributed by atoms with Crippen LogP contribution < -0.4 is 10.8 Å². The summed E-state index contributed by atoms with van der Waals surface area (Å²) in [6, 6.07) is 8.98. The van der Waals surface area contributed by atoms with Gasteiger partial charge < -0.3 is 20.5 Å². The number of benzene rings is 1. The van der Waals surface area contributed by atoms with E-state index in [1.807, 2.05) is 30.3 Å². The van der Waals surface area contributed by atoms with Gasteiger partial charge in [-0.3, -0.25) is 4.57 Å². The van der Waals surface area contributed by atoms with E-state index < -0.39 is 19.4 Å². The molecule has 6 heteroatoms. The molecule has 0 aromatic heterocycles. The smallest absolute Gasteiger partial charge is 0.200 e. The van der Waals surface area contributed by atoms with Crippen molar-refractivity contribution < 1.29 is 25.1 Å². The van der Waals surface area contributed by atoms with Crippen molar-refractivity contribution in [2.75, 3.05) is 12.3 Å². The molecule has 0 radical (unpaired) electrons. The Balaban J connectivity index is 2.18. The first kappa shape index (κ1) is 17.9. The number of carboxylic acids is 1. The van der Waals surface area contributed by atoms with Crippen LogP contribution in [0.1, 0.15) is 31.2 Å². The largest absolute Gasteiger partial charge is 0.544 e. The molecule has 0 aliphatic rings. The van der Waals surface area contributed by atoms with Crippen LogP contribution in [0.15, 0.2) is 30.3 Å². The minimum absolute atomic E-state index is 0.299. The molecule has 0 fully saturated rings. The van der Waals surface area contributed by atoms with E-state index in [0.29, 0.717) is 38.0 Å². The second-order valence-electron chi connectivity index (χ2n) is 5.39. The molecule has 1 aromatic carbocycles.